The molecule has 0 saturated carbocycles. The van der Waals surface area contributed by atoms with Gasteiger partial charge in [-0.05, 0) is 36.4 Å². The highest BCUT2D eigenvalue weighted by Crippen LogP contribution is 2.18. The molecule has 6 nitrogen and oxygen atoms in total. The fraction of sp³-hybridized carbons (Fsp3) is 0.235. The smallest absolute Gasteiger partial charge is 0.252 e. The van der Waals surface area contributed by atoms with Gasteiger partial charge in [-0.2, -0.15) is 0 Å². The molecule has 0 bridgehead atoms. The maximum atomic E-state index is 11.4. The van der Waals surface area contributed by atoms with E-state index < -0.39 is 15.7 Å². The number of ether oxygens (including phenoxy) is 2. The number of carbonyl (C=O) groups excluding carboxylic acids is 1. The van der Waals surface area contributed by atoms with Gasteiger partial charge in [-0.15, -0.1) is 0 Å². The first-order valence-electron chi connectivity index (χ1n) is 7.32. The monoisotopic (exact) mass is 349 g/mol. The molecule has 0 fully saturated rings. The van der Waals surface area contributed by atoms with Crippen LogP contribution >= 0.6 is 0 Å². The van der Waals surface area contributed by atoms with Crippen LogP contribution in [0.4, 0.5) is 0 Å². The van der Waals surface area contributed by atoms with E-state index in [-0.39, 0.29) is 4.90 Å². The van der Waals surface area contributed by atoms with Crippen molar-refractivity contribution in [1.82, 2.24) is 0 Å². The molecule has 0 atom stereocenters. The van der Waals surface area contributed by atoms with E-state index in [4.69, 9.17) is 15.2 Å². The zero-order chi connectivity index (χ0) is 17.6. The number of sulfone groups is 1. The molecule has 1 amide bonds. The Kier molecular flexibility index (Phi) is 5.81. The topological polar surface area (TPSA) is 95.7 Å². The normalized spacial score (nSPS) is 11.0. The summed E-state index contributed by atoms with van der Waals surface area (Å²) in [5, 5.41) is 0. The first-order chi connectivity index (χ1) is 11.4. The second-order valence-electron chi connectivity index (χ2n) is 5.15. The third kappa shape index (κ3) is 4.99. The standard InChI is InChI=1S/C17H19NO5S/c1-24(20,21)14-9-7-13(8-10-14)22-11-4-12-23-16-6-3-2-5-15(16)17(18)19/h2-3,5-10H,4,11-12H2,1H3,(H2,18,19). The number of nitrogens with two attached hydrogens (primary N) is 1. The van der Waals surface area contributed by atoms with E-state index in [1.807, 2.05) is 0 Å². The number of rotatable bonds is 8. The average molecular weight is 349 g/mol. The Morgan fingerprint density at radius 1 is 1.00 bits per heavy atom. The lowest BCUT2D eigenvalue weighted by atomic mass is 10.2. The van der Waals surface area contributed by atoms with Gasteiger partial charge in [-0.1, -0.05) is 12.1 Å². The molecular weight excluding hydrogens is 330 g/mol. The van der Waals surface area contributed by atoms with Crippen molar-refractivity contribution >= 4 is 15.7 Å². The minimum Gasteiger partial charge on any atom is -0.493 e. The van der Waals surface area contributed by atoms with Crippen molar-refractivity contribution in [2.75, 3.05) is 19.5 Å². The van der Waals surface area contributed by atoms with Gasteiger partial charge in [-0.3, -0.25) is 4.79 Å². The van der Waals surface area contributed by atoms with Gasteiger partial charge in [0, 0.05) is 12.7 Å². The molecule has 0 aliphatic rings. The van der Waals surface area contributed by atoms with Gasteiger partial charge in [0.2, 0.25) is 0 Å². The Morgan fingerprint density at radius 3 is 2.25 bits per heavy atom. The molecule has 2 N–H and O–H groups in total. The SMILES string of the molecule is CS(=O)(=O)c1ccc(OCCCOc2ccccc2C(N)=O)cc1. The molecule has 0 saturated heterocycles. The molecule has 0 spiro atoms. The van der Waals surface area contributed by atoms with E-state index in [0.717, 1.165) is 6.26 Å². The van der Waals surface area contributed by atoms with E-state index in [1.165, 1.54) is 12.1 Å². The first-order valence-corrected chi connectivity index (χ1v) is 9.21. The van der Waals surface area contributed by atoms with Crippen LogP contribution in [0, 0.1) is 0 Å². The molecule has 0 aliphatic heterocycles. The number of para-hydroxylation sites is 1. The van der Waals surface area contributed by atoms with Crippen LogP contribution < -0.4 is 15.2 Å². The van der Waals surface area contributed by atoms with E-state index in [1.54, 1.807) is 36.4 Å². The molecule has 0 aromatic heterocycles. The van der Waals surface area contributed by atoms with E-state index in [2.05, 4.69) is 0 Å². The minimum atomic E-state index is -3.20. The molecule has 7 heteroatoms. The lowest BCUT2D eigenvalue weighted by Gasteiger charge is -2.10. The van der Waals surface area contributed by atoms with Crippen LogP contribution in [0.15, 0.2) is 53.4 Å². The molecule has 0 unspecified atom stereocenters. The van der Waals surface area contributed by atoms with Crippen LogP contribution in [-0.2, 0) is 9.84 Å². The highest BCUT2D eigenvalue weighted by molar-refractivity contribution is 7.90. The number of benzene rings is 2. The summed E-state index contributed by atoms with van der Waals surface area (Å²) in [4.78, 5) is 11.5. The predicted molar refractivity (Wildman–Crippen MR) is 90.1 cm³/mol. The summed E-state index contributed by atoms with van der Waals surface area (Å²) < 4.78 is 33.8. The second kappa shape index (κ2) is 7.83. The van der Waals surface area contributed by atoms with Crippen LogP contribution in [0.2, 0.25) is 0 Å². The second-order valence-corrected chi connectivity index (χ2v) is 7.17. The Hall–Kier alpha value is -2.54. The fourth-order valence-electron chi connectivity index (χ4n) is 2.01. The number of carbonyl (C=O) groups is 1. The fourth-order valence-corrected chi connectivity index (χ4v) is 2.64. The molecule has 0 aliphatic carbocycles. The molecule has 2 rings (SSSR count). The summed E-state index contributed by atoms with van der Waals surface area (Å²) in [6.45, 7) is 0.767. The summed E-state index contributed by atoms with van der Waals surface area (Å²) in [6, 6.07) is 13.0. The van der Waals surface area contributed by atoms with Gasteiger partial charge in [0.15, 0.2) is 9.84 Å². The van der Waals surface area contributed by atoms with Crippen molar-refractivity contribution in [2.24, 2.45) is 5.73 Å². The molecule has 128 valence electrons. The lowest BCUT2D eigenvalue weighted by Crippen LogP contribution is -2.13. The summed E-state index contributed by atoms with van der Waals surface area (Å²) in [7, 11) is -3.20. The summed E-state index contributed by atoms with van der Waals surface area (Å²) in [5.74, 6) is 0.496. The maximum absolute atomic E-state index is 11.4. The first kappa shape index (κ1) is 17.8. The van der Waals surface area contributed by atoms with Gasteiger partial charge in [-0.25, -0.2) is 8.42 Å². The van der Waals surface area contributed by atoms with Crippen molar-refractivity contribution in [3.05, 3.63) is 54.1 Å². The van der Waals surface area contributed by atoms with Crippen LogP contribution in [0.3, 0.4) is 0 Å². The zero-order valence-electron chi connectivity index (χ0n) is 13.3. The van der Waals surface area contributed by atoms with Crippen LogP contribution in [-0.4, -0.2) is 33.8 Å². The van der Waals surface area contributed by atoms with Gasteiger partial charge < -0.3 is 15.2 Å². The lowest BCUT2D eigenvalue weighted by molar-refractivity contribution is 0.0996. The molecule has 2 aromatic rings. The van der Waals surface area contributed by atoms with E-state index in [9.17, 15) is 13.2 Å². The van der Waals surface area contributed by atoms with Gasteiger partial charge in [0.05, 0.1) is 23.7 Å². The van der Waals surface area contributed by atoms with Crippen molar-refractivity contribution in [3.8, 4) is 11.5 Å². The molecule has 2 aromatic carbocycles. The predicted octanol–water partition coefficient (Wildman–Crippen LogP) is 2.04. The number of primary amides is 1. The largest absolute Gasteiger partial charge is 0.493 e. The summed E-state index contributed by atoms with van der Waals surface area (Å²) in [6.07, 6.45) is 1.76. The van der Waals surface area contributed by atoms with E-state index in [0.29, 0.717) is 36.7 Å². The van der Waals surface area contributed by atoms with Gasteiger partial charge in [0.1, 0.15) is 11.5 Å². The molecule has 24 heavy (non-hydrogen) atoms. The third-order valence-electron chi connectivity index (χ3n) is 3.22. The van der Waals surface area contributed by atoms with Crippen LogP contribution in [0.1, 0.15) is 16.8 Å². The van der Waals surface area contributed by atoms with Crippen molar-refractivity contribution in [3.63, 3.8) is 0 Å². The summed E-state index contributed by atoms with van der Waals surface area (Å²) >= 11 is 0. The van der Waals surface area contributed by atoms with Crippen LogP contribution in [0.5, 0.6) is 11.5 Å². The minimum absolute atomic E-state index is 0.251. The van der Waals surface area contributed by atoms with Crippen LogP contribution in [0.25, 0.3) is 0 Å². The number of amides is 1. The Bertz CT molecular complexity index is 800. The van der Waals surface area contributed by atoms with Gasteiger partial charge >= 0.3 is 0 Å². The highest BCUT2D eigenvalue weighted by Gasteiger charge is 2.08. The van der Waals surface area contributed by atoms with Crippen molar-refractivity contribution < 1.29 is 22.7 Å². The Labute approximate surface area is 141 Å². The van der Waals surface area contributed by atoms with Crippen molar-refractivity contribution in [2.45, 2.75) is 11.3 Å². The maximum Gasteiger partial charge on any atom is 0.252 e. The summed E-state index contributed by atoms with van der Waals surface area (Å²) in [5.41, 5.74) is 5.62. The van der Waals surface area contributed by atoms with E-state index >= 15 is 0 Å². The Balaban J connectivity index is 1.79. The van der Waals surface area contributed by atoms with Gasteiger partial charge in [0.25, 0.3) is 5.91 Å². The Morgan fingerprint density at radius 2 is 1.62 bits per heavy atom. The quantitative estimate of drug-likeness (QED) is 0.736. The average Bonchev–Trinajstić information content (AvgIpc) is 2.54. The molecular formula is C17H19NO5S. The van der Waals surface area contributed by atoms with Crippen molar-refractivity contribution in [1.29, 1.82) is 0 Å². The zero-order valence-corrected chi connectivity index (χ0v) is 14.1. The number of hydrogen-bond donors (Lipinski definition) is 1. The number of hydrogen-bond acceptors (Lipinski definition) is 5. The highest BCUT2D eigenvalue weighted by atomic mass is 32.2. The molecule has 0 heterocycles. The third-order valence-corrected chi connectivity index (χ3v) is 4.35. The molecule has 0 radical (unpaired) electrons.